The zero-order valence-corrected chi connectivity index (χ0v) is 48.1. The lowest BCUT2D eigenvalue weighted by molar-refractivity contribution is 0.0671. The van der Waals surface area contributed by atoms with Crippen LogP contribution in [0.1, 0.15) is 114 Å². The Morgan fingerprint density at radius 2 is 0.690 bits per heavy atom. The Morgan fingerprint density at radius 1 is 0.362 bits per heavy atom. The molecule has 0 aromatic carbocycles. The second kappa shape index (κ2) is 39.9. The van der Waals surface area contributed by atoms with E-state index in [4.69, 9.17) is 39.8 Å². The fourth-order valence-corrected chi connectivity index (χ4v) is 33.6. The van der Waals surface area contributed by atoms with Gasteiger partial charge in [0, 0.05) is 101 Å². The molecule has 58 heavy (non-hydrogen) atoms. The Hall–Kier alpha value is 3.79. The van der Waals surface area contributed by atoms with Crippen LogP contribution in [0.3, 0.4) is 0 Å². The predicted molar refractivity (Wildman–Crippen MR) is 279 cm³/mol. The summed E-state index contributed by atoms with van der Waals surface area (Å²) in [4.78, 5) is 0. The van der Waals surface area contributed by atoms with Crippen LogP contribution in [-0.2, 0) is 39.8 Å². The van der Waals surface area contributed by atoms with Crippen LogP contribution in [-0.4, -0.2) is 109 Å². The lowest BCUT2D eigenvalue weighted by atomic mass is 9.71. The summed E-state index contributed by atoms with van der Waals surface area (Å²) in [6, 6.07) is 2.70. The van der Waals surface area contributed by atoms with E-state index in [-0.39, 0.29) is 0 Å². The normalized spacial score (nSPS) is 18.1. The second-order valence-corrected chi connectivity index (χ2v) is 37.4. The maximum Gasteiger partial charge on any atom is 0.500 e. The third kappa shape index (κ3) is 27.4. The van der Waals surface area contributed by atoms with Crippen LogP contribution in [0.15, 0.2) is 0 Å². The largest absolute Gasteiger partial charge is 0.500 e. The predicted octanol–water partition coefficient (Wildman–Crippen LogP) is 14.8. The molecule has 3 atom stereocenters. The average molecular weight is 1060 g/mol. The van der Waals surface area contributed by atoms with Crippen molar-refractivity contribution in [3.05, 3.63) is 0 Å². The van der Waals surface area contributed by atoms with Crippen LogP contribution in [0.25, 0.3) is 0 Å². The van der Waals surface area contributed by atoms with Crippen LogP contribution in [0.2, 0.25) is 18.1 Å². The van der Waals surface area contributed by atoms with E-state index in [0.29, 0.717) is 59.5 Å². The molecule has 0 amide bonds. The Labute approximate surface area is 396 Å². The molecular weight excluding hydrogens is 981 g/mol. The fraction of sp³-hybridized carbons (Fsp3) is 1.00. The molecule has 0 radical (unpaired) electrons. The van der Waals surface area contributed by atoms with E-state index in [2.05, 4.69) is 20.8 Å². The molecule has 348 valence electrons. The molecule has 1 aliphatic rings. The van der Waals surface area contributed by atoms with Crippen molar-refractivity contribution in [2.75, 3.05) is 82.5 Å². The molecule has 22 heteroatoms. The third-order valence-corrected chi connectivity index (χ3v) is 36.3. The molecule has 1 fully saturated rings. The SMILES string of the molecule is CCO[Si](CCCSSSSSCCC1CCC(CC[Si](OCC)(OCC)OCC)CC1CCSSSSSCCC[Si](OCC)(OCC)OCC)(OCC)OCC. The highest BCUT2D eigenvalue weighted by atomic mass is 33.8. The number of rotatable bonds is 43. The summed E-state index contributed by atoms with van der Waals surface area (Å²) in [6.07, 6.45) is 9.80. The Morgan fingerprint density at radius 3 is 1.05 bits per heavy atom. The zero-order chi connectivity index (χ0) is 42.6. The highest BCUT2D eigenvalue weighted by molar-refractivity contribution is 9.36. The molecule has 0 bridgehead atoms. The van der Waals surface area contributed by atoms with E-state index < -0.39 is 26.4 Å². The van der Waals surface area contributed by atoms with Crippen LogP contribution in [0, 0.1) is 17.8 Å². The van der Waals surface area contributed by atoms with Gasteiger partial charge in [-0.15, -0.1) is 0 Å². The van der Waals surface area contributed by atoms with Crippen molar-refractivity contribution in [1.82, 2.24) is 0 Å². The van der Waals surface area contributed by atoms with E-state index >= 15 is 0 Å². The van der Waals surface area contributed by atoms with Gasteiger partial charge in [0.05, 0.1) is 0 Å². The molecule has 1 rings (SSSR count). The first-order chi connectivity index (χ1) is 28.3. The fourth-order valence-electron chi connectivity index (χ4n) is 7.14. The standard InChI is InChI=1S/C36H78O9S10Si3/c1-10-37-56(38-11-2,39-12-3)30-19-26-46-50-54-52-48-28-23-35-22-21-34(25-32-58(43-16-7,44-17-8)45-18-9)33-36(35)24-29-49-53-55-51-47-27-20-31-57(40-13-4,41-14-5)42-15-6/h34-36H,10-33H2,1-9H3. The van der Waals surface area contributed by atoms with E-state index in [1.54, 1.807) is 0 Å². The van der Waals surface area contributed by atoms with Gasteiger partial charge >= 0.3 is 26.4 Å². The van der Waals surface area contributed by atoms with Crippen molar-refractivity contribution in [3.8, 4) is 0 Å². The molecule has 0 spiro atoms. The smallest absolute Gasteiger partial charge is 0.374 e. The molecule has 1 aliphatic carbocycles. The Kier molecular flexibility index (Phi) is 41.2. The van der Waals surface area contributed by atoms with Crippen LogP contribution < -0.4 is 0 Å². The van der Waals surface area contributed by atoms with Gasteiger partial charge in [-0.05, 0) is 184 Å². The molecule has 1 saturated carbocycles. The van der Waals surface area contributed by atoms with E-state index in [1.165, 1.54) is 43.6 Å². The van der Waals surface area contributed by atoms with Crippen molar-refractivity contribution in [2.45, 2.75) is 132 Å². The van der Waals surface area contributed by atoms with E-state index in [0.717, 1.165) is 66.7 Å². The maximum atomic E-state index is 6.22. The molecule has 0 aromatic rings. The summed E-state index contributed by atoms with van der Waals surface area (Å²) in [5.74, 6) is 6.86. The van der Waals surface area contributed by atoms with Gasteiger partial charge in [-0.3, -0.25) is 0 Å². The van der Waals surface area contributed by atoms with Gasteiger partial charge < -0.3 is 39.8 Å². The molecule has 0 aliphatic heterocycles. The maximum absolute atomic E-state index is 6.22. The van der Waals surface area contributed by atoms with Crippen molar-refractivity contribution >= 4 is 129 Å². The van der Waals surface area contributed by atoms with Crippen LogP contribution >= 0.6 is 102 Å². The Bertz CT molecular complexity index is 888. The lowest BCUT2D eigenvalue weighted by Gasteiger charge is -2.37. The minimum atomic E-state index is -2.61. The monoisotopic (exact) mass is 1060 g/mol. The first kappa shape index (κ1) is 59.8. The molecule has 0 heterocycles. The number of hydrogen-bond acceptors (Lipinski definition) is 19. The molecule has 0 aromatic heterocycles. The Balaban J connectivity index is 2.54. The van der Waals surface area contributed by atoms with Gasteiger partial charge in [0.1, 0.15) is 0 Å². The van der Waals surface area contributed by atoms with E-state index in [9.17, 15) is 0 Å². The topological polar surface area (TPSA) is 83.1 Å². The van der Waals surface area contributed by atoms with Gasteiger partial charge in [0.2, 0.25) is 0 Å². The van der Waals surface area contributed by atoms with Gasteiger partial charge in [0.25, 0.3) is 0 Å². The quantitative estimate of drug-likeness (QED) is 0.0330. The van der Waals surface area contributed by atoms with E-state index in [1.807, 2.05) is 144 Å². The molecule has 0 saturated heterocycles. The second-order valence-electron chi connectivity index (χ2n) is 13.2. The molecule has 0 N–H and O–H groups in total. The highest BCUT2D eigenvalue weighted by Gasteiger charge is 2.42. The van der Waals surface area contributed by atoms with Crippen LogP contribution in [0.5, 0.6) is 0 Å². The first-order valence-electron chi connectivity index (χ1n) is 21.5. The van der Waals surface area contributed by atoms with Gasteiger partial charge in [-0.25, -0.2) is 0 Å². The summed E-state index contributed by atoms with van der Waals surface area (Å²) in [5, 5.41) is 0. The minimum absolute atomic E-state index is 0.638. The van der Waals surface area contributed by atoms with Crippen molar-refractivity contribution in [1.29, 1.82) is 0 Å². The molecular formula is C36H78O9S10Si3. The lowest BCUT2D eigenvalue weighted by Crippen LogP contribution is -2.46. The van der Waals surface area contributed by atoms with Gasteiger partial charge in [-0.1, -0.05) is 49.6 Å². The van der Waals surface area contributed by atoms with Crippen LogP contribution in [0.4, 0.5) is 0 Å². The summed E-state index contributed by atoms with van der Waals surface area (Å²) < 4.78 is 54.8. The summed E-state index contributed by atoms with van der Waals surface area (Å²) in [5.41, 5.74) is 0. The summed E-state index contributed by atoms with van der Waals surface area (Å²) >= 11 is 0. The third-order valence-electron chi connectivity index (χ3n) is 9.25. The summed E-state index contributed by atoms with van der Waals surface area (Å²) in [6.45, 7) is 24.1. The highest BCUT2D eigenvalue weighted by Crippen LogP contribution is 2.51. The first-order valence-corrected chi connectivity index (χ1v) is 40.3. The number of hydrogen-bond donors (Lipinski definition) is 0. The molecule has 9 nitrogen and oxygen atoms in total. The molecule has 3 unspecified atom stereocenters. The van der Waals surface area contributed by atoms with Gasteiger partial charge in [-0.2, -0.15) is 0 Å². The van der Waals surface area contributed by atoms with Crippen molar-refractivity contribution in [2.24, 2.45) is 17.8 Å². The summed E-state index contributed by atoms with van der Waals surface area (Å²) in [7, 11) is 11.7. The zero-order valence-electron chi connectivity index (χ0n) is 37.0. The van der Waals surface area contributed by atoms with Crippen molar-refractivity contribution in [3.63, 3.8) is 0 Å². The van der Waals surface area contributed by atoms with Crippen molar-refractivity contribution < 1.29 is 39.8 Å². The average Bonchev–Trinajstić information content (AvgIpc) is 3.20. The minimum Gasteiger partial charge on any atom is -0.374 e. The van der Waals surface area contributed by atoms with Gasteiger partial charge in [0.15, 0.2) is 0 Å².